The molecule has 0 aliphatic carbocycles. The van der Waals surface area contributed by atoms with E-state index in [1.807, 2.05) is 6.07 Å². The Morgan fingerprint density at radius 1 is 1.24 bits per heavy atom. The molecular formula is C16H25NO3S. The predicted octanol–water partition coefficient (Wildman–Crippen LogP) is 2.52. The summed E-state index contributed by atoms with van der Waals surface area (Å²) in [5, 5.41) is 9.14. The summed E-state index contributed by atoms with van der Waals surface area (Å²) in [5.41, 5.74) is 1.50. The van der Waals surface area contributed by atoms with Crippen LogP contribution in [0.25, 0.3) is 0 Å². The van der Waals surface area contributed by atoms with Gasteiger partial charge in [0.05, 0.1) is 12.4 Å². The summed E-state index contributed by atoms with van der Waals surface area (Å²) >= 11 is 0. The molecule has 1 N–H and O–H groups in total. The number of hydrogen-bond acceptors (Lipinski definition) is 3. The van der Waals surface area contributed by atoms with Crippen LogP contribution in [0.4, 0.5) is 0 Å². The Morgan fingerprint density at radius 2 is 2.00 bits per heavy atom. The lowest BCUT2D eigenvalue weighted by Crippen LogP contribution is -2.33. The van der Waals surface area contributed by atoms with E-state index in [2.05, 4.69) is 6.92 Å². The van der Waals surface area contributed by atoms with Gasteiger partial charge in [0.1, 0.15) is 0 Å². The van der Waals surface area contributed by atoms with E-state index >= 15 is 0 Å². The molecule has 0 radical (unpaired) electrons. The molecule has 0 bridgehead atoms. The smallest absolute Gasteiger partial charge is 0.218 e. The highest BCUT2D eigenvalue weighted by Crippen LogP contribution is 2.23. The Hall–Kier alpha value is -0.910. The molecule has 1 aliphatic rings. The molecule has 1 aromatic carbocycles. The van der Waals surface area contributed by atoms with E-state index < -0.39 is 10.0 Å². The number of sulfonamides is 1. The van der Waals surface area contributed by atoms with E-state index in [1.165, 1.54) is 0 Å². The third kappa shape index (κ3) is 4.53. The fourth-order valence-electron chi connectivity index (χ4n) is 2.95. The number of benzene rings is 1. The SMILES string of the molecule is CCC1CCCN(S(=O)(=O)Cc2cccc(CO)c2)CC1. The van der Waals surface area contributed by atoms with Gasteiger partial charge in [-0.1, -0.05) is 37.6 Å². The molecule has 0 amide bonds. The normalized spacial score (nSPS) is 21.1. The van der Waals surface area contributed by atoms with Crippen LogP contribution in [0.5, 0.6) is 0 Å². The van der Waals surface area contributed by atoms with Crippen LogP contribution in [0.1, 0.15) is 43.7 Å². The third-order valence-corrected chi connectivity index (χ3v) is 6.15. The topological polar surface area (TPSA) is 57.6 Å². The van der Waals surface area contributed by atoms with Crippen molar-refractivity contribution in [3.63, 3.8) is 0 Å². The zero-order chi connectivity index (χ0) is 15.3. The molecule has 5 heteroatoms. The number of aliphatic hydroxyl groups excluding tert-OH is 1. The van der Waals surface area contributed by atoms with Crippen molar-refractivity contribution in [2.45, 2.75) is 45.0 Å². The fraction of sp³-hybridized carbons (Fsp3) is 0.625. The van der Waals surface area contributed by atoms with Crippen molar-refractivity contribution in [1.29, 1.82) is 0 Å². The molecule has 0 saturated carbocycles. The maximum atomic E-state index is 12.6. The third-order valence-electron chi connectivity index (χ3n) is 4.30. The zero-order valence-corrected chi connectivity index (χ0v) is 13.5. The van der Waals surface area contributed by atoms with Crippen LogP contribution in [0.15, 0.2) is 24.3 Å². The van der Waals surface area contributed by atoms with Crippen LogP contribution in [-0.4, -0.2) is 30.9 Å². The first-order valence-corrected chi connectivity index (χ1v) is 9.32. The highest BCUT2D eigenvalue weighted by atomic mass is 32.2. The van der Waals surface area contributed by atoms with Crippen molar-refractivity contribution < 1.29 is 13.5 Å². The largest absolute Gasteiger partial charge is 0.392 e. The fourth-order valence-corrected chi connectivity index (χ4v) is 4.52. The number of hydrogen-bond donors (Lipinski definition) is 1. The molecule has 1 aromatic rings. The Morgan fingerprint density at radius 3 is 2.71 bits per heavy atom. The first-order chi connectivity index (χ1) is 10.0. The Labute approximate surface area is 127 Å². The minimum atomic E-state index is -3.26. The van der Waals surface area contributed by atoms with E-state index in [1.54, 1.807) is 22.5 Å². The second kappa shape index (κ2) is 7.38. The van der Waals surface area contributed by atoms with Crippen molar-refractivity contribution >= 4 is 10.0 Å². The average molecular weight is 311 g/mol. The van der Waals surface area contributed by atoms with Gasteiger partial charge in [0.2, 0.25) is 10.0 Å². The lowest BCUT2D eigenvalue weighted by molar-refractivity contribution is 0.281. The van der Waals surface area contributed by atoms with Crippen molar-refractivity contribution in [3.8, 4) is 0 Å². The van der Waals surface area contributed by atoms with Gasteiger partial charge in [-0.05, 0) is 36.3 Å². The summed E-state index contributed by atoms with van der Waals surface area (Å²) in [6.45, 7) is 3.39. The van der Waals surface area contributed by atoms with E-state index in [4.69, 9.17) is 5.11 Å². The van der Waals surface area contributed by atoms with Crippen molar-refractivity contribution in [2.75, 3.05) is 13.1 Å². The Bertz CT molecular complexity index is 556. The number of aliphatic hydroxyl groups is 1. The lowest BCUT2D eigenvalue weighted by Gasteiger charge is -2.20. The van der Waals surface area contributed by atoms with Gasteiger partial charge >= 0.3 is 0 Å². The summed E-state index contributed by atoms with van der Waals surface area (Å²) in [7, 11) is -3.26. The predicted molar refractivity (Wildman–Crippen MR) is 84.2 cm³/mol. The summed E-state index contributed by atoms with van der Waals surface area (Å²) in [6.07, 6.45) is 4.18. The van der Waals surface area contributed by atoms with Crippen LogP contribution in [-0.2, 0) is 22.4 Å². The van der Waals surface area contributed by atoms with Gasteiger partial charge in [-0.25, -0.2) is 12.7 Å². The van der Waals surface area contributed by atoms with E-state index in [0.29, 0.717) is 19.0 Å². The maximum Gasteiger partial charge on any atom is 0.218 e. The molecule has 0 aromatic heterocycles. The van der Waals surface area contributed by atoms with Gasteiger partial charge in [0, 0.05) is 13.1 Å². The molecule has 1 unspecified atom stereocenters. The van der Waals surface area contributed by atoms with E-state index in [0.717, 1.165) is 36.8 Å². The molecule has 2 rings (SSSR count). The molecular weight excluding hydrogens is 286 g/mol. The molecule has 1 aliphatic heterocycles. The molecule has 0 spiro atoms. The minimum absolute atomic E-state index is 0.0254. The highest BCUT2D eigenvalue weighted by Gasteiger charge is 2.25. The summed E-state index contributed by atoms with van der Waals surface area (Å²) in [5.74, 6) is 0.681. The van der Waals surface area contributed by atoms with Crippen LogP contribution in [0.3, 0.4) is 0 Å². The molecule has 1 fully saturated rings. The number of nitrogens with zero attached hydrogens (tertiary/aromatic N) is 1. The Balaban J connectivity index is 2.07. The average Bonchev–Trinajstić information content (AvgIpc) is 2.73. The quantitative estimate of drug-likeness (QED) is 0.909. The Kier molecular flexibility index (Phi) is 5.79. The van der Waals surface area contributed by atoms with Crippen LogP contribution >= 0.6 is 0 Å². The summed E-state index contributed by atoms with van der Waals surface area (Å²) in [4.78, 5) is 0. The summed E-state index contributed by atoms with van der Waals surface area (Å²) in [6, 6.07) is 7.17. The van der Waals surface area contributed by atoms with Crippen molar-refractivity contribution in [2.24, 2.45) is 5.92 Å². The monoisotopic (exact) mass is 311 g/mol. The minimum Gasteiger partial charge on any atom is -0.392 e. The molecule has 1 saturated heterocycles. The van der Waals surface area contributed by atoms with Crippen molar-refractivity contribution in [3.05, 3.63) is 35.4 Å². The van der Waals surface area contributed by atoms with Crippen LogP contribution in [0, 0.1) is 5.92 Å². The molecule has 4 nitrogen and oxygen atoms in total. The van der Waals surface area contributed by atoms with Crippen LogP contribution in [0.2, 0.25) is 0 Å². The molecule has 118 valence electrons. The van der Waals surface area contributed by atoms with Crippen molar-refractivity contribution in [1.82, 2.24) is 4.31 Å². The van der Waals surface area contributed by atoms with E-state index in [9.17, 15) is 8.42 Å². The maximum absolute atomic E-state index is 12.6. The molecule has 21 heavy (non-hydrogen) atoms. The lowest BCUT2D eigenvalue weighted by atomic mass is 9.98. The zero-order valence-electron chi connectivity index (χ0n) is 12.7. The van der Waals surface area contributed by atoms with Crippen LogP contribution < -0.4 is 0 Å². The molecule has 1 heterocycles. The standard InChI is InChI=1S/C16H25NO3S/c1-2-14-7-4-9-17(10-8-14)21(19,20)13-16-6-3-5-15(11-16)12-18/h3,5-6,11,14,18H,2,4,7-10,12-13H2,1H3. The number of rotatable bonds is 5. The van der Waals surface area contributed by atoms with Gasteiger partial charge in [-0.2, -0.15) is 0 Å². The second-order valence-corrected chi connectivity index (χ2v) is 7.81. The van der Waals surface area contributed by atoms with Gasteiger partial charge in [0.25, 0.3) is 0 Å². The first kappa shape index (κ1) is 16.5. The van der Waals surface area contributed by atoms with E-state index in [-0.39, 0.29) is 12.4 Å². The first-order valence-electron chi connectivity index (χ1n) is 7.71. The second-order valence-electron chi connectivity index (χ2n) is 5.84. The van der Waals surface area contributed by atoms with Gasteiger partial charge in [-0.3, -0.25) is 0 Å². The molecule has 1 atom stereocenters. The van der Waals surface area contributed by atoms with Gasteiger partial charge in [0.15, 0.2) is 0 Å². The van der Waals surface area contributed by atoms with Gasteiger partial charge < -0.3 is 5.11 Å². The highest BCUT2D eigenvalue weighted by molar-refractivity contribution is 7.88. The summed E-state index contributed by atoms with van der Waals surface area (Å²) < 4.78 is 26.8. The van der Waals surface area contributed by atoms with Gasteiger partial charge in [-0.15, -0.1) is 0 Å².